The molecule has 2 nitrogen and oxygen atoms in total. The summed E-state index contributed by atoms with van der Waals surface area (Å²) in [4.78, 5) is 0. The van der Waals surface area contributed by atoms with Gasteiger partial charge in [-0.3, -0.25) is 0 Å². The van der Waals surface area contributed by atoms with Crippen molar-refractivity contribution in [1.82, 2.24) is 0 Å². The van der Waals surface area contributed by atoms with Gasteiger partial charge in [-0.15, -0.1) is 0 Å². The zero-order chi connectivity index (χ0) is 11.2. The van der Waals surface area contributed by atoms with Gasteiger partial charge in [0.05, 0.1) is 5.60 Å². The second kappa shape index (κ2) is 6.41. The van der Waals surface area contributed by atoms with Crippen LogP contribution in [0.15, 0.2) is 0 Å². The van der Waals surface area contributed by atoms with Gasteiger partial charge in [-0.2, -0.15) is 0 Å². The zero-order valence-corrected chi connectivity index (χ0v) is 10.5. The van der Waals surface area contributed by atoms with Gasteiger partial charge in [0.2, 0.25) is 0 Å². The van der Waals surface area contributed by atoms with Crippen molar-refractivity contribution >= 4 is 0 Å². The highest BCUT2D eigenvalue weighted by atomic mass is 16.5. The van der Waals surface area contributed by atoms with Crippen molar-refractivity contribution in [3.8, 4) is 0 Å². The second-order valence-corrected chi connectivity index (χ2v) is 5.31. The quantitative estimate of drug-likeness (QED) is 0.687. The lowest BCUT2D eigenvalue weighted by Crippen LogP contribution is -2.27. The van der Waals surface area contributed by atoms with E-state index in [2.05, 4.69) is 27.7 Å². The maximum absolute atomic E-state index is 5.81. The molecule has 0 amide bonds. The Hall–Kier alpha value is -0.0800. The molecule has 0 fully saturated rings. The summed E-state index contributed by atoms with van der Waals surface area (Å²) in [7, 11) is 0. The minimum atomic E-state index is 0.0131. The van der Waals surface area contributed by atoms with Crippen molar-refractivity contribution in [2.75, 3.05) is 6.61 Å². The molecule has 0 radical (unpaired) electrons. The maximum Gasteiger partial charge on any atom is 0.0626 e. The highest BCUT2D eigenvalue weighted by Crippen LogP contribution is 2.20. The molecule has 2 heteroatoms. The molecule has 0 aliphatic rings. The third-order valence-electron chi connectivity index (χ3n) is 2.39. The Bertz CT molecular complexity index is 141. The summed E-state index contributed by atoms with van der Waals surface area (Å²) >= 11 is 0. The summed E-state index contributed by atoms with van der Waals surface area (Å²) < 4.78 is 5.81. The van der Waals surface area contributed by atoms with E-state index < -0.39 is 0 Å². The van der Waals surface area contributed by atoms with E-state index in [1.165, 1.54) is 6.42 Å². The SMILES string of the molecule is CC(C)CCC(C)(C)OCCC(C)N. The minimum absolute atomic E-state index is 0.0131. The van der Waals surface area contributed by atoms with Gasteiger partial charge in [0.1, 0.15) is 0 Å². The normalized spacial score (nSPS) is 14.8. The number of ether oxygens (including phenoxy) is 1. The highest BCUT2D eigenvalue weighted by Gasteiger charge is 2.18. The lowest BCUT2D eigenvalue weighted by atomic mass is 9.97. The van der Waals surface area contributed by atoms with Crippen LogP contribution in [0.4, 0.5) is 0 Å². The molecular weight excluding hydrogens is 174 g/mol. The molecule has 1 unspecified atom stereocenters. The van der Waals surface area contributed by atoms with E-state index in [-0.39, 0.29) is 11.6 Å². The molecule has 0 spiro atoms. The Morgan fingerprint density at radius 3 is 2.14 bits per heavy atom. The molecule has 0 aromatic carbocycles. The van der Waals surface area contributed by atoms with Crippen molar-refractivity contribution in [2.45, 2.75) is 65.5 Å². The number of hydrogen-bond donors (Lipinski definition) is 1. The zero-order valence-electron chi connectivity index (χ0n) is 10.5. The molecule has 14 heavy (non-hydrogen) atoms. The van der Waals surface area contributed by atoms with Crippen LogP contribution in [0.2, 0.25) is 0 Å². The van der Waals surface area contributed by atoms with E-state index in [1.54, 1.807) is 0 Å². The summed E-state index contributed by atoms with van der Waals surface area (Å²) in [6.45, 7) is 11.6. The molecule has 0 saturated carbocycles. The molecule has 0 rings (SSSR count). The highest BCUT2D eigenvalue weighted by molar-refractivity contribution is 4.69. The molecule has 0 aromatic heterocycles. The summed E-state index contributed by atoms with van der Waals surface area (Å²) in [6, 6.07) is 0.246. The Morgan fingerprint density at radius 2 is 1.71 bits per heavy atom. The molecule has 0 saturated heterocycles. The van der Waals surface area contributed by atoms with Crippen molar-refractivity contribution in [3.05, 3.63) is 0 Å². The Kier molecular flexibility index (Phi) is 6.38. The molecule has 0 aromatic rings. The maximum atomic E-state index is 5.81. The van der Waals surface area contributed by atoms with Gasteiger partial charge in [-0.1, -0.05) is 13.8 Å². The van der Waals surface area contributed by atoms with Crippen molar-refractivity contribution < 1.29 is 4.74 Å². The number of nitrogens with two attached hydrogens (primary N) is 1. The van der Waals surface area contributed by atoms with E-state index in [0.717, 1.165) is 25.4 Å². The standard InChI is InChI=1S/C12H27NO/c1-10(2)6-8-12(4,5)14-9-7-11(3)13/h10-11H,6-9,13H2,1-5H3. The molecule has 2 N–H and O–H groups in total. The largest absolute Gasteiger partial charge is 0.376 e. The van der Waals surface area contributed by atoms with E-state index in [0.29, 0.717) is 0 Å². The van der Waals surface area contributed by atoms with Crippen LogP contribution in [0, 0.1) is 5.92 Å². The summed E-state index contributed by atoms with van der Waals surface area (Å²) in [5, 5.41) is 0. The Labute approximate surface area is 89.2 Å². The molecular formula is C12H27NO. The van der Waals surface area contributed by atoms with E-state index >= 15 is 0 Å². The first-order valence-electron chi connectivity index (χ1n) is 5.73. The smallest absolute Gasteiger partial charge is 0.0626 e. The van der Waals surface area contributed by atoms with Crippen LogP contribution in [-0.2, 0) is 4.74 Å². The predicted molar refractivity (Wildman–Crippen MR) is 62.4 cm³/mol. The first-order valence-corrected chi connectivity index (χ1v) is 5.73. The van der Waals surface area contributed by atoms with Gasteiger partial charge in [0, 0.05) is 12.6 Å². The fourth-order valence-corrected chi connectivity index (χ4v) is 1.23. The van der Waals surface area contributed by atoms with Crippen LogP contribution >= 0.6 is 0 Å². The third-order valence-corrected chi connectivity index (χ3v) is 2.39. The molecule has 0 bridgehead atoms. The number of hydrogen-bond acceptors (Lipinski definition) is 2. The van der Waals surface area contributed by atoms with Crippen LogP contribution < -0.4 is 5.73 Å². The van der Waals surface area contributed by atoms with E-state index in [4.69, 9.17) is 10.5 Å². The van der Waals surface area contributed by atoms with Gasteiger partial charge >= 0.3 is 0 Å². The minimum Gasteiger partial charge on any atom is -0.376 e. The molecule has 1 atom stereocenters. The summed E-state index contributed by atoms with van der Waals surface area (Å²) in [5.41, 5.74) is 5.68. The van der Waals surface area contributed by atoms with Gasteiger partial charge < -0.3 is 10.5 Å². The van der Waals surface area contributed by atoms with Crippen LogP contribution in [0.25, 0.3) is 0 Å². The van der Waals surface area contributed by atoms with E-state index in [1.807, 2.05) is 6.92 Å². The van der Waals surface area contributed by atoms with Crippen LogP contribution in [0.1, 0.15) is 53.9 Å². The van der Waals surface area contributed by atoms with Gasteiger partial charge in [0.25, 0.3) is 0 Å². The number of rotatable bonds is 7. The van der Waals surface area contributed by atoms with Crippen molar-refractivity contribution in [3.63, 3.8) is 0 Å². The Morgan fingerprint density at radius 1 is 1.14 bits per heavy atom. The van der Waals surface area contributed by atoms with Crippen LogP contribution in [0.5, 0.6) is 0 Å². The second-order valence-electron chi connectivity index (χ2n) is 5.31. The first kappa shape index (κ1) is 13.9. The monoisotopic (exact) mass is 201 g/mol. The molecule has 0 heterocycles. The fraction of sp³-hybridized carbons (Fsp3) is 1.00. The fourth-order valence-electron chi connectivity index (χ4n) is 1.23. The van der Waals surface area contributed by atoms with E-state index in [9.17, 15) is 0 Å². The molecule has 0 aliphatic heterocycles. The topological polar surface area (TPSA) is 35.2 Å². The average molecular weight is 201 g/mol. The van der Waals surface area contributed by atoms with Gasteiger partial charge in [-0.05, 0) is 46.0 Å². The van der Waals surface area contributed by atoms with Crippen molar-refractivity contribution in [1.29, 1.82) is 0 Å². The average Bonchev–Trinajstić information content (AvgIpc) is 2.00. The lowest BCUT2D eigenvalue weighted by Gasteiger charge is -2.26. The third kappa shape index (κ3) is 8.52. The Balaban J connectivity index is 3.61. The predicted octanol–water partition coefficient (Wildman–Crippen LogP) is 2.96. The van der Waals surface area contributed by atoms with Gasteiger partial charge in [0.15, 0.2) is 0 Å². The van der Waals surface area contributed by atoms with Crippen LogP contribution in [0.3, 0.4) is 0 Å². The summed E-state index contributed by atoms with van der Waals surface area (Å²) in [6.07, 6.45) is 3.31. The van der Waals surface area contributed by atoms with Crippen molar-refractivity contribution in [2.24, 2.45) is 11.7 Å². The molecule has 0 aliphatic carbocycles. The van der Waals surface area contributed by atoms with Crippen LogP contribution in [-0.4, -0.2) is 18.2 Å². The first-order chi connectivity index (χ1) is 6.33. The lowest BCUT2D eigenvalue weighted by molar-refractivity contribution is -0.0288. The van der Waals surface area contributed by atoms with Gasteiger partial charge in [-0.25, -0.2) is 0 Å². The molecule has 86 valence electrons. The summed E-state index contributed by atoms with van der Waals surface area (Å²) in [5.74, 6) is 0.756.